The number of aromatic nitrogens is 1. The standard InChI is InChI=1S/C23H27N5O.C8H18O.C2H6.C2H4/c1-14-9-10-26-21(11-14)19(13-24)23(29)28-20-12-18(6-5-15(20)2)22(25-4)27-16(3)17-7-8-17;1-4-8(5-2,6-3)7-9;2*1-2/h5-6,9-13,17H,7-8,24H2,1-4H3,(H,28,29);9H,4-7H2,1-3H3;1-2H3;1-2H2/b19-13+,25-22?,27-16?;;;. The van der Waals surface area contributed by atoms with Gasteiger partial charge in [0.05, 0.1) is 11.3 Å². The predicted molar refractivity (Wildman–Crippen MR) is 182 cm³/mol. The predicted octanol–water partition coefficient (Wildman–Crippen LogP) is 7.91. The number of aryl methyl sites for hydroxylation is 2. The first-order valence-corrected chi connectivity index (χ1v) is 15.1. The zero-order valence-electron chi connectivity index (χ0n) is 27.6. The summed E-state index contributed by atoms with van der Waals surface area (Å²) in [5, 5.41) is 11.9. The van der Waals surface area contributed by atoms with Crippen LogP contribution in [0.2, 0.25) is 0 Å². The molecular weight excluding hydrogens is 522 g/mol. The van der Waals surface area contributed by atoms with E-state index in [4.69, 9.17) is 15.8 Å². The molecule has 4 N–H and O–H groups in total. The van der Waals surface area contributed by atoms with Gasteiger partial charge < -0.3 is 16.2 Å². The zero-order valence-corrected chi connectivity index (χ0v) is 27.6. The van der Waals surface area contributed by atoms with E-state index >= 15 is 0 Å². The molecule has 0 aliphatic heterocycles. The fourth-order valence-corrected chi connectivity index (χ4v) is 4.13. The van der Waals surface area contributed by atoms with E-state index in [1.165, 1.54) is 19.0 Å². The molecule has 1 fully saturated rings. The highest BCUT2D eigenvalue weighted by molar-refractivity contribution is 6.25. The van der Waals surface area contributed by atoms with Gasteiger partial charge in [0.15, 0.2) is 5.84 Å². The van der Waals surface area contributed by atoms with Gasteiger partial charge >= 0.3 is 0 Å². The van der Waals surface area contributed by atoms with Gasteiger partial charge in [0, 0.05) is 43.0 Å². The van der Waals surface area contributed by atoms with Crippen LogP contribution in [0.4, 0.5) is 5.69 Å². The number of carbonyl (C=O) groups excluding carboxylic acids is 1. The van der Waals surface area contributed by atoms with Crippen molar-refractivity contribution in [1.82, 2.24) is 4.98 Å². The number of amides is 1. The average Bonchev–Trinajstić information content (AvgIpc) is 3.87. The number of aliphatic hydroxyl groups excluding tert-OH is 1. The Morgan fingerprint density at radius 1 is 1.12 bits per heavy atom. The van der Waals surface area contributed by atoms with Gasteiger partial charge in [-0.05, 0) is 93.5 Å². The Kier molecular flexibility index (Phi) is 18.6. The van der Waals surface area contributed by atoms with Gasteiger partial charge in [0.25, 0.3) is 5.91 Å². The van der Waals surface area contributed by atoms with E-state index in [2.05, 4.69) is 49.2 Å². The lowest BCUT2D eigenvalue weighted by Crippen LogP contribution is -2.22. The average molecular weight is 578 g/mol. The van der Waals surface area contributed by atoms with Crippen LogP contribution in [-0.4, -0.2) is 41.2 Å². The summed E-state index contributed by atoms with van der Waals surface area (Å²) in [6.07, 6.45) is 8.63. The van der Waals surface area contributed by atoms with Crippen molar-refractivity contribution in [2.45, 2.75) is 87.5 Å². The Labute approximate surface area is 255 Å². The smallest absolute Gasteiger partial charge is 0.259 e. The number of rotatable bonds is 9. The molecule has 1 aromatic carbocycles. The van der Waals surface area contributed by atoms with Crippen LogP contribution in [0.3, 0.4) is 0 Å². The van der Waals surface area contributed by atoms with Crippen molar-refractivity contribution in [1.29, 1.82) is 0 Å². The minimum Gasteiger partial charge on any atom is -0.404 e. The molecule has 0 atom stereocenters. The first kappa shape index (κ1) is 38.4. The third-order valence-corrected chi connectivity index (χ3v) is 7.59. The Morgan fingerprint density at radius 3 is 2.14 bits per heavy atom. The van der Waals surface area contributed by atoms with E-state index in [1.807, 2.05) is 65.0 Å². The Hall–Kier alpha value is -3.58. The van der Waals surface area contributed by atoms with Gasteiger partial charge in [-0.25, -0.2) is 4.99 Å². The lowest BCUT2D eigenvalue weighted by molar-refractivity contribution is -0.111. The summed E-state index contributed by atoms with van der Waals surface area (Å²) in [7, 11) is 1.73. The third kappa shape index (κ3) is 11.7. The molecule has 0 bridgehead atoms. The molecule has 1 saturated carbocycles. The van der Waals surface area contributed by atoms with Crippen molar-refractivity contribution in [3.8, 4) is 0 Å². The van der Waals surface area contributed by atoms with Crippen molar-refractivity contribution in [3.63, 3.8) is 0 Å². The first-order valence-electron chi connectivity index (χ1n) is 15.1. The SMILES string of the molecule is C=C.CC.CCC(CC)(CC)CO.CN=C(N=C(C)C1CC1)c1ccc(C)c(NC(=O)/C(=C/N)c2cc(C)ccn2)c1. The number of pyridine rings is 1. The fourth-order valence-electron chi connectivity index (χ4n) is 4.13. The summed E-state index contributed by atoms with van der Waals surface area (Å²) >= 11 is 0. The van der Waals surface area contributed by atoms with E-state index in [-0.39, 0.29) is 11.3 Å². The van der Waals surface area contributed by atoms with E-state index in [1.54, 1.807) is 13.2 Å². The van der Waals surface area contributed by atoms with E-state index in [9.17, 15) is 4.79 Å². The highest BCUT2D eigenvalue weighted by atomic mass is 16.3. The molecule has 0 spiro atoms. The quantitative estimate of drug-likeness (QED) is 0.122. The molecule has 1 aliphatic carbocycles. The van der Waals surface area contributed by atoms with E-state index in [0.29, 0.717) is 35.3 Å². The second-order valence-corrected chi connectivity index (χ2v) is 10.1. The van der Waals surface area contributed by atoms with Gasteiger partial charge in [-0.2, -0.15) is 0 Å². The lowest BCUT2D eigenvalue weighted by atomic mass is 9.81. The fraction of sp³-hybridized carbons (Fsp3) is 0.486. The second-order valence-electron chi connectivity index (χ2n) is 10.1. The number of nitrogens with two attached hydrogens (primary N) is 1. The maximum absolute atomic E-state index is 12.9. The lowest BCUT2D eigenvalue weighted by Gasteiger charge is -2.27. The maximum Gasteiger partial charge on any atom is 0.259 e. The minimum absolute atomic E-state index is 0.222. The maximum atomic E-state index is 12.9. The number of nitrogens with zero attached hydrogens (tertiary/aromatic N) is 3. The van der Waals surface area contributed by atoms with Gasteiger partial charge in [-0.3, -0.25) is 14.8 Å². The Balaban J connectivity index is 0.00000110. The summed E-state index contributed by atoms with van der Waals surface area (Å²) in [6, 6.07) is 9.53. The number of nitrogens with one attached hydrogen (secondary N) is 1. The van der Waals surface area contributed by atoms with E-state index in [0.717, 1.165) is 41.7 Å². The van der Waals surface area contributed by atoms with Crippen LogP contribution in [0, 0.1) is 25.2 Å². The number of aliphatic imine (C=N–C) groups is 2. The minimum atomic E-state index is -0.307. The van der Waals surface area contributed by atoms with Gasteiger partial charge in [-0.1, -0.05) is 46.8 Å². The summed E-state index contributed by atoms with van der Waals surface area (Å²) in [4.78, 5) is 26.2. The van der Waals surface area contributed by atoms with Crippen LogP contribution < -0.4 is 11.1 Å². The number of hydrogen-bond acceptors (Lipinski definition) is 5. The number of aliphatic hydroxyl groups is 1. The molecule has 1 aliphatic rings. The van der Waals surface area contributed by atoms with Crippen molar-refractivity contribution in [2.24, 2.45) is 27.1 Å². The second kappa shape index (κ2) is 20.3. The van der Waals surface area contributed by atoms with Crippen molar-refractivity contribution >= 4 is 28.7 Å². The summed E-state index contributed by atoms with van der Waals surface area (Å²) in [6.45, 7) is 22.7. The third-order valence-electron chi connectivity index (χ3n) is 7.59. The molecule has 42 heavy (non-hydrogen) atoms. The molecular formula is C35H55N5O2. The van der Waals surface area contributed by atoms with Crippen molar-refractivity contribution in [2.75, 3.05) is 19.0 Å². The number of anilines is 1. The van der Waals surface area contributed by atoms with Crippen LogP contribution in [0.25, 0.3) is 5.57 Å². The van der Waals surface area contributed by atoms with E-state index < -0.39 is 0 Å². The van der Waals surface area contributed by atoms with Crippen molar-refractivity contribution in [3.05, 3.63) is 78.3 Å². The Morgan fingerprint density at radius 2 is 1.71 bits per heavy atom. The Bertz CT molecular complexity index is 1170. The number of hydrogen-bond donors (Lipinski definition) is 3. The molecule has 7 heteroatoms. The molecule has 0 radical (unpaired) electrons. The number of benzene rings is 1. The largest absolute Gasteiger partial charge is 0.404 e. The van der Waals surface area contributed by atoms with Crippen LogP contribution in [0.5, 0.6) is 0 Å². The van der Waals surface area contributed by atoms with Crippen LogP contribution in [-0.2, 0) is 4.79 Å². The first-order chi connectivity index (χ1) is 20.2. The molecule has 2 aromatic rings. The van der Waals surface area contributed by atoms with Gasteiger partial charge in [-0.15, -0.1) is 13.2 Å². The topological polar surface area (TPSA) is 113 Å². The molecule has 0 saturated heterocycles. The molecule has 232 valence electrons. The molecule has 7 nitrogen and oxygen atoms in total. The van der Waals surface area contributed by atoms with Crippen molar-refractivity contribution < 1.29 is 9.90 Å². The summed E-state index contributed by atoms with van der Waals surface area (Å²) in [5.41, 5.74) is 11.4. The van der Waals surface area contributed by atoms with Crippen LogP contribution >= 0.6 is 0 Å². The van der Waals surface area contributed by atoms with Crippen LogP contribution in [0.1, 0.15) is 96.0 Å². The summed E-state index contributed by atoms with van der Waals surface area (Å²) < 4.78 is 0. The number of carbonyl (C=O) groups is 1. The number of amidine groups is 1. The molecule has 0 unspecified atom stereocenters. The molecule has 1 amide bonds. The summed E-state index contributed by atoms with van der Waals surface area (Å²) in [5.74, 6) is 0.939. The molecule has 3 rings (SSSR count). The molecule has 1 aromatic heterocycles. The molecule has 1 heterocycles. The van der Waals surface area contributed by atoms with Gasteiger partial charge in [0.2, 0.25) is 0 Å². The van der Waals surface area contributed by atoms with Gasteiger partial charge in [0.1, 0.15) is 0 Å². The van der Waals surface area contributed by atoms with Crippen LogP contribution in [0.15, 0.2) is 65.9 Å². The zero-order chi connectivity index (χ0) is 32.3. The highest BCUT2D eigenvalue weighted by Crippen LogP contribution is 2.31. The monoisotopic (exact) mass is 577 g/mol. The normalized spacial score (nSPS) is 13.4. The highest BCUT2D eigenvalue weighted by Gasteiger charge is 2.25.